The summed E-state index contributed by atoms with van der Waals surface area (Å²) in [5.41, 5.74) is 1.91. The number of hydrogen-bond acceptors (Lipinski definition) is 6. The highest BCUT2D eigenvalue weighted by Crippen LogP contribution is 2.28. The third kappa shape index (κ3) is 5.57. The molecular formula is C19H18F3N5O. The van der Waals surface area contributed by atoms with Gasteiger partial charge in [0.1, 0.15) is 11.6 Å². The molecule has 0 amide bonds. The van der Waals surface area contributed by atoms with Crippen molar-refractivity contribution < 1.29 is 17.9 Å². The number of pyridine rings is 1. The van der Waals surface area contributed by atoms with E-state index in [1.807, 2.05) is 19.1 Å². The molecule has 6 nitrogen and oxygen atoms in total. The predicted octanol–water partition coefficient (Wildman–Crippen LogP) is 4.48. The van der Waals surface area contributed by atoms with Crippen LogP contribution < -0.4 is 15.4 Å². The van der Waals surface area contributed by atoms with Gasteiger partial charge in [-0.3, -0.25) is 4.98 Å². The van der Waals surface area contributed by atoms with Crippen molar-refractivity contribution in [3.8, 4) is 17.0 Å². The van der Waals surface area contributed by atoms with Crippen molar-refractivity contribution in [1.82, 2.24) is 15.0 Å². The third-order valence-corrected chi connectivity index (χ3v) is 3.62. The van der Waals surface area contributed by atoms with Crippen LogP contribution in [-0.2, 0) is 6.54 Å². The number of hydrogen-bond donors (Lipinski definition) is 2. The fraction of sp³-hybridized carbons (Fsp3) is 0.211. The Morgan fingerprint density at radius 3 is 2.61 bits per heavy atom. The molecule has 0 saturated heterocycles. The maximum Gasteiger partial charge on any atom is 0.573 e. The lowest BCUT2D eigenvalue weighted by Gasteiger charge is -2.12. The van der Waals surface area contributed by atoms with E-state index in [0.717, 1.165) is 5.56 Å². The molecule has 0 aliphatic rings. The molecule has 3 aromatic rings. The summed E-state index contributed by atoms with van der Waals surface area (Å²) >= 11 is 0. The van der Waals surface area contributed by atoms with Crippen molar-refractivity contribution in [3.05, 3.63) is 60.4 Å². The number of anilines is 2. The summed E-state index contributed by atoms with van der Waals surface area (Å²) in [5, 5.41) is 6.20. The highest BCUT2D eigenvalue weighted by atomic mass is 19.4. The standard InChI is InChI=1S/C19H18F3N5O/c1-2-24-18-26-16(14-6-3-7-15(9-14)28-19(20,21)22)10-17(27-18)25-12-13-5-4-8-23-11-13/h3-11H,2,12H2,1H3,(H2,24,25,26,27). The summed E-state index contributed by atoms with van der Waals surface area (Å²) in [6.07, 6.45) is -1.33. The zero-order chi connectivity index (χ0) is 20.0. The van der Waals surface area contributed by atoms with Crippen LogP contribution >= 0.6 is 0 Å². The lowest BCUT2D eigenvalue weighted by atomic mass is 10.1. The van der Waals surface area contributed by atoms with Crippen LogP contribution in [0.15, 0.2) is 54.9 Å². The summed E-state index contributed by atoms with van der Waals surface area (Å²) in [5.74, 6) is 0.598. The van der Waals surface area contributed by atoms with Gasteiger partial charge in [-0.15, -0.1) is 13.2 Å². The van der Waals surface area contributed by atoms with E-state index in [1.54, 1.807) is 24.5 Å². The molecule has 9 heteroatoms. The molecule has 0 aliphatic carbocycles. The van der Waals surface area contributed by atoms with Crippen molar-refractivity contribution in [2.24, 2.45) is 0 Å². The molecule has 146 valence electrons. The average molecular weight is 389 g/mol. The molecule has 0 fully saturated rings. The Morgan fingerprint density at radius 2 is 1.89 bits per heavy atom. The van der Waals surface area contributed by atoms with E-state index < -0.39 is 6.36 Å². The summed E-state index contributed by atoms with van der Waals surface area (Å²) in [7, 11) is 0. The van der Waals surface area contributed by atoms with Gasteiger partial charge >= 0.3 is 6.36 Å². The molecule has 28 heavy (non-hydrogen) atoms. The van der Waals surface area contributed by atoms with Crippen molar-refractivity contribution in [3.63, 3.8) is 0 Å². The summed E-state index contributed by atoms with van der Waals surface area (Å²) < 4.78 is 41.5. The fourth-order valence-corrected chi connectivity index (χ4v) is 2.47. The predicted molar refractivity (Wildman–Crippen MR) is 99.9 cm³/mol. The van der Waals surface area contributed by atoms with E-state index in [-0.39, 0.29) is 5.75 Å². The quantitative estimate of drug-likeness (QED) is 0.621. The highest BCUT2D eigenvalue weighted by molar-refractivity contribution is 5.66. The van der Waals surface area contributed by atoms with Crippen LogP contribution in [0.2, 0.25) is 0 Å². The van der Waals surface area contributed by atoms with Crippen LogP contribution in [0.4, 0.5) is 24.9 Å². The van der Waals surface area contributed by atoms with Crippen LogP contribution in [0.3, 0.4) is 0 Å². The van der Waals surface area contributed by atoms with Gasteiger partial charge in [-0.25, -0.2) is 4.98 Å². The van der Waals surface area contributed by atoms with Crippen molar-refractivity contribution in [2.45, 2.75) is 19.8 Å². The van der Waals surface area contributed by atoms with Gasteiger partial charge in [0.25, 0.3) is 0 Å². The zero-order valence-electron chi connectivity index (χ0n) is 15.0. The van der Waals surface area contributed by atoms with Crippen molar-refractivity contribution in [1.29, 1.82) is 0 Å². The Bertz CT molecular complexity index is 919. The molecule has 2 heterocycles. The van der Waals surface area contributed by atoms with Crippen LogP contribution in [-0.4, -0.2) is 27.9 Å². The maximum absolute atomic E-state index is 12.5. The fourth-order valence-electron chi connectivity index (χ4n) is 2.47. The minimum atomic E-state index is -4.75. The van der Waals surface area contributed by atoms with Gasteiger partial charge in [-0.05, 0) is 30.7 Å². The number of nitrogens with one attached hydrogen (secondary N) is 2. The van der Waals surface area contributed by atoms with Crippen LogP contribution in [0.5, 0.6) is 5.75 Å². The molecule has 0 radical (unpaired) electrons. The number of alkyl halides is 3. The Morgan fingerprint density at radius 1 is 1.04 bits per heavy atom. The van der Waals surface area contributed by atoms with E-state index >= 15 is 0 Å². The van der Waals surface area contributed by atoms with Crippen LogP contribution in [0.25, 0.3) is 11.3 Å². The summed E-state index contributed by atoms with van der Waals surface area (Å²) in [4.78, 5) is 12.8. The Balaban J connectivity index is 1.87. The Labute approximate surface area is 159 Å². The largest absolute Gasteiger partial charge is 0.573 e. The minimum absolute atomic E-state index is 0.307. The maximum atomic E-state index is 12.5. The molecule has 1 aromatic carbocycles. The second kappa shape index (κ2) is 8.55. The molecular weight excluding hydrogens is 371 g/mol. The number of rotatable bonds is 7. The molecule has 0 spiro atoms. The summed E-state index contributed by atoms with van der Waals surface area (Å²) in [6.45, 7) is 2.99. The number of aromatic nitrogens is 3. The molecule has 2 N–H and O–H groups in total. The van der Waals surface area contributed by atoms with E-state index in [9.17, 15) is 13.2 Å². The molecule has 0 atom stereocenters. The van der Waals surface area contributed by atoms with Gasteiger partial charge in [-0.1, -0.05) is 18.2 Å². The second-order valence-corrected chi connectivity index (χ2v) is 5.78. The van der Waals surface area contributed by atoms with E-state index in [1.165, 1.54) is 18.2 Å². The topological polar surface area (TPSA) is 72.0 Å². The van der Waals surface area contributed by atoms with Crippen LogP contribution in [0.1, 0.15) is 12.5 Å². The molecule has 3 rings (SSSR count). The normalized spacial score (nSPS) is 11.1. The third-order valence-electron chi connectivity index (χ3n) is 3.62. The van der Waals surface area contributed by atoms with Crippen molar-refractivity contribution in [2.75, 3.05) is 17.2 Å². The van der Waals surface area contributed by atoms with Crippen LogP contribution in [0, 0.1) is 0 Å². The first-order valence-electron chi connectivity index (χ1n) is 8.55. The monoisotopic (exact) mass is 389 g/mol. The van der Waals surface area contributed by atoms with E-state index in [2.05, 4.69) is 30.3 Å². The second-order valence-electron chi connectivity index (χ2n) is 5.78. The van der Waals surface area contributed by atoms with Gasteiger partial charge in [0.15, 0.2) is 0 Å². The van der Waals surface area contributed by atoms with E-state index in [4.69, 9.17) is 0 Å². The van der Waals surface area contributed by atoms with Gasteiger partial charge in [-0.2, -0.15) is 4.98 Å². The first-order chi connectivity index (χ1) is 13.4. The molecule has 2 aromatic heterocycles. The number of halogens is 3. The first-order valence-corrected chi connectivity index (χ1v) is 8.55. The molecule has 0 unspecified atom stereocenters. The number of benzene rings is 1. The van der Waals surface area contributed by atoms with Gasteiger partial charge < -0.3 is 15.4 Å². The lowest BCUT2D eigenvalue weighted by molar-refractivity contribution is -0.274. The SMILES string of the molecule is CCNc1nc(NCc2cccnc2)cc(-c2cccc(OC(F)(F)F)c2)n1. The Hall–Kier alpha value is -3.36. The smallest absolute Gasteiger partial charge is 0.406 e. The molecule has 0 saturated carbocycles. The average Bonchev–Trinajstić information content (AvgIpc) is 2.66. The van der Waals surface area contributed by atoms with Gasteiger partial charge in [0, 0.05) is 37.1 Å². The van der Waals surface area contributed by atoms with Gasteiger partial charge in [0.05, 0.1) is 5.69 Å². The Kier molecular flexibility index (Phi) is 5.93. The van der Waals surface area contributed by atoms with E-state index in [0.29, 0.717) is 36.1 Å². The van der Waals surface area contributed by atoms with Crippen molar-refractivity contribution >= 4 is 11.8 Å². The van der Waals surface area contributed by atoms with Gasteiger partial charge in [0.2, 0.25) is 5.95 Å². The number of ether oxygens (including phenoxy) is 1. The highest BCUT2D eigenvalue weighted by Gasteiger charge is 2.31. The summed E-state index contributed by atoms with van der Waals surface area (Å²) in [6, 6.07) is 11.1. The molecule has 0 aliphatic heterocycles. The minimum Gasteiger partial charge on any atom is -0.406 e. The zero-order valence-corrected chi connectivity index (χ0v) is 15.0. The molecule has 0 bridgehead atoms. The number of nitrogens with zero attached hydrogens (tertiary/aromatic N) is 3. The first kappa shape index (κ1) is 19.4. The lowest BCUT2D eigenvalue weighted by Crippen LogP contribution is -2.17.